The van der Waals surface area contributed by atoms with Crippen molar-refractivity contribution in [2.75, 3.05) is 6.61 Å². The van der Waals surface area contributed by atoms with Gasteiger partial charge in [-0.1, -0.05) is 18.2 Å². The standard InChI is InChI=1S/C12H13NO6/c14-10(7-19-8-4-2-1-3-5-8)13-9(12(17)18)6-11(15)16/h1-5,9H,6-7H2,(H,13,14)(H,15,16)(H,17,18). The fourth-order valence-corrected chi connectivity index (χ4v) is 1.28. The summed E-state index contributed by atoms with van der Waals surface area (Å²) in [5.41, 5.74) is 0. The number of aliphatic carboxylic acids is 2. The zero-order chi connectivity index (χ0) is 14.3. The predicted molar refractivity (Wildman–Crippen MR) is 63.8 cm³/mol. The third-order valence-corrected chi connectivity index (χ3v) is 2.13. The van der Waals surface area contributed by atoms with E-state index in [2.05, 4.69) is 5.32 Å². The fraction of sp³-hybridized carbons (Fsp3) is 0.250. The highest BCUT2D eigenvalue weighted by Gasteiger charge is 2.22. The van der Waals surface area contributed by atoms with Crippen LogP contribution in [0.4, 0.5) is 0 Å². The van der Waals surface area contributed by atoms with Gasteiger partial charge in [-0.05, 0) is 12.1 Å². The molecule has 0 saturated heterocycles. The average Bonchev–Trinajstić information content (AvgIpc) is 2.36. The topological polar surface area (TPSA) is 113 Å². The first-order valence-corrected chi connectivity index (χ1v) is 5.41. The number of carboxylic acid groups (broad SMARTS) is 2. The number of benzene rings is 1. The van der Waals surface area contributed by atoms with Crippen molar-refractivity contribution in [3.05, 3.63) is 30.3 Å². The van der Waals surface area contributed by atoms with Crippen molar-refractivity contribution in [1.29, 1.82) is 0 Å². The predicted octanol–water partition coefficient (Wildman–Crippen LogP) is 0.109. The Kier molecular flexibility index (Phi) is 5.34. The lowest BCUT2D eigenvalue weighted by molar-refractivity contribution is -0.147. The van der Waals surface area contributed by atoms with Gasteiger partial charge in [-0.15, -0.1) is 0 Å². The van der Waals surface area contributed by atoms with Gasteiger partial charge in [0.25, 0.3) is 5.91 Å². The second-order valence-corrected chi connectivity index (χ2v) is 3.66. The number of ether oxygens (including phenoxy) is 1. The van der Waals surface area contributed by atoms with Crippen LogP contribution in [0.2, 0.25) is 0 Å². The van der Waals surface area contributed by atoms with Gasteiger partial charge in [-0.25, -0.2) is 4.79 Å². The summed E-state index contributed by atoms with van der Waals surface area (Å²) in [6.07, 6.45) is -0.688. The maximum absolute atomic E-state index is 11.4. The highest BCUT2D eigenvalue weighted by Crippen LogP contribution is 2.07. The molecular weight excluding hydrogens is 254 g/mol. The van der Waals surface area contributed by atoms with Crippen molar-refractivity contribution in [3.8, 4) is 5.75 Å². The molecule has 0 heterocycles. The minimum atomic E-state index is -1.47. The van der Waals surface area contributed by atoms with E-state index in [0.717, 1.165) is 0 Å². The Morgan fingerprint density at radius 1 is 1.16 bits per heavy atom. The van der Waals surface area contributed by atoms with Crippen molar-refractivity contribution in [1.82, 2.24) is 5.32 Å². The molecule has 1 atom stereocenters. The van der Waals surface area contributed by atoms with E-state index in [0.29, 0.717) is 5.75 Å². The van der Waals surface area contributed by atoms with E-state index in [9.17, 15) is 14.4 Å². The van der Waals surface area contributed by atoms with E-state index in [1.807, 2.05) is 0 Å². The molecule has 1 rings (SSSR count). The Morgan fingerprint density at radius 2 is 1.79 bits per heavy atom. The monoisotopic (exact) mass is 267 g/mol. The molecule has 19 heavy (non-hydrogen) atoms. The van der Waals surface area contributed by atoms with Gasteiger partial charge in [0.15, 0.2) is 6.61 Å². The second kappa shape index (κ2) is 7.00. The molecule has 1 aromatic carbocycles. The van der Waals surface area contributed by atoms with Crippen molar-refractivity contribution in [2.45, 2.75) is 12.5 Å². The molecular formula is C12H13NO6. The van der Waals surface area contributed by atoms with Crippen molar-refractivity contribution in [2.24, 2.45) is 0 Å². The summed E-state index contributed by atoms with van der Waals surface area (Å²) in [4.78, 5) is 32.6. The van der Waals surface area contributed by atoms with Crippen LogP contribution in [0.5, 0.6) is 5.75 Å². The fourth-order valence-electron chi connectivity index (χ4n) is 1.28. The SMILES string of the molecule is O=C(O)CC(NC(=O)COc1ccccc1)C(=O)O. The lowest BCUT2D eigenvalue weighted by Crippen LogP contribution is -2.44. The molecule has 0 radical (unpaired) electrons. The van der Waals surface area contributed by atoms with Gasteiger partial charge in [-0.2, -0.15) is 0 Å². The lowest BCUT2D eigenvalue weighted by Gasteiger charge is -2.12. The van der Waals surface area contributed by atoms with E-state index in [-0.39, 0.29) is 6.61 Å². The van der Waals surface area contributed by atoms with Crippen LogP contribution < -0.4 is 10.1 Å². The van der Waals surface area contributed by atoms with Gasteiger partial charge in [0, 0.05) is 0 Å². The molecule has 0 fully saturated rings. The van der Waals surface area contributed by atoms with Crippen molar-refractivity contribution in [3.63, 3.8) is 0 Å². The molecule has 7 nitrogen and oxygen atoms in total. The molecule has 0 bridgehead atoms. The largest absolute Gasteiger partial charge is 0.484 e. The van der Waals surface area contributed by atoms with Crippen LogP contribution in [0.1, 0.15) is 6.42 Å². The van der Waals surface area contributed by atoms with E-state index in [1.165, 1.54) is 0 Å². The van der Waals surface area contributed by atoms with Gasteiger partial charge >= 0.3 is 11.9 Å². The third kappa shape index (κ3) is 5.53. The zero-order valence-electron chi connectivity index (χ0n) is 9.91. The third-order valence-electron chi connectivity index (χ3n) is 2.13. The van der Waals surface area contributed by atoms with Crippen LogP contribution in [0.3, 0.4) is 0 Å². The summed E-state index contributed by atoms with van der Waals surface area (Å²) in [7, 11) is 0. The van der Waals surface area contributed by atoms with E-state index in [4.69, 9.17) is 14.9 Å². The highest BCUT2D eigenvalue weighted by atomic mass is 16.5. The number of amides is 1. The molecule has 0 aromatic heterocycles. The number of carboxylic acids is 2. The minimum Gasteiger partial charge on any atom is -0.484 e. The normalized spacial score (nSPS) is 11.4. The maximum Gasteiger partial charge on any atom is 0.326 e. The number of rotatable bonds is 7. The Balaban J connectivity index is 2.45. The maximum atomic E-state index is 11.4. The Bertz CT molecular complexity index is 459. The Morgan fingerprint density at radius 3 is 2.32 bits per heavy atom. The number of nitrogens with one attached hydrogen (secondary N) is 1. The molecule has 0 aliphatic rings. The van der Waals surface area contributed by atoms with Crippen LogP contribution in [0, 0.1) is 0 Å². The van der Waals surface area contributed by atoms with Crippen LogP contribution in [0.15, 0.2) is 30.3 Å². The highest BCUT2D eigenvalue weighted by molar-refractivity contribution is 5.87. The van der Waals surface area contributed by atoms with Crippen LogP contribution >= 0.6 is 0 Å². The van der Waals surface area contributed by atoms with Gasteiger partial charge in [0.2, 0.25) is 0 Å². The van der Waals surface area contributed by atoms with E-state index >= 15 is 0 Å². The first-order chi connectivity index (χ1) is 8.99. The molecule has 7 heteroatoms. The molecule has 102 valence electrons. The molecule has 1 amide bonds. The number of carbonyl (C=O) groups is 3. The van der Waals surface area contributed by atoms with Gasteiger partial charge in [-0.3, -0.25) is 9.59 Å². The van der Waals surface area contributed by atoms with Crippen molar-refractivity contribution >= 4 is 17.8 Å². The van der Waals surface area contributed by atoms with E-state index in [1.54, 1.807) is 30.3 Å². The summed E-state index contributed by atoms with van der Waals surface area (Å²) in [6, 6.07) is 7.03. The number of hydrogen-bond donors (Lipinski definition) is 3. The number of para-hydroxylation sites is 1. The molecule has 0 spiro atoms. The van der Waals surface area contributed by atoms with Crippen LogP contribution in [-0.2, 0) is 14.4 Å². The Labute approximate surface area is 108 Å². The summed E-state index contributed by atoms with van der Waals surface area (Å²) in [5.74, 6) is -2.95. The zero-order valence-corrected chi connectivity index (χ0v) is 9.91. The number of carbonyl (C=O) groups excluding carboxylic acids is 1. The first kappa shape index (κ1) is 14.5. The Hall–Kier alpha value is -2.57. The summed E-state index contributed by atoms with van der Waals surface area (Å²) < 4.78 is 5.10. The quantitative estimate of drug-likeness (QED) is 0.646. The van der Waals surface area contributed by atoms with Crippen LogP contribution in [-0.4, -0.2) is 40.7 Å². The molecule has 1 unspecified atom stereocenters. The molecule has 0 aliphatic heterocycles. The molecule has 1 aromatic rings. The van der Waals surface area contributed by atoms with Crippen LogP contribution in [0.25, 0.3) is 0 Å². The molecule has 0 aliphatic carbocycles. The van der Waals surface area contributed by atoms with Gasteiger partial charge < -0.3 is 20.3 Å². The summed E-state index contributed by atoms with van der Waals surface area (Å²) in [5, 5.41) is 19.3. The lowest BCUT2D eigenvalue weighted by atomic mass is 10.2. The average molecular weight is 267 g/mol. The summed E-state index contributed by atoms with van der Waals surface area (Å²) in [6.45, 7) is -0.382. The second-order valence-electron chi connectivity index (χ2n) is 3.66. The smallest absolute Gasteiger partial charge is 0.326 e. The molecule has 3 N–H and O–H groups in total. The minimum absolute atomic E-state index is 0.382. The summed E-state index contributed by atoms with van der Waals surface area (Å²) >= 11 is 0. The molecule has 0 saturated carbocycles. The number of hydrogen-bond acceptors (Lipinski definition) is 4. The van der Waals surface area contributed by atoms with Crippen molar-refractivity contribution < 1.29 is 29.3 Å². The van der Waals surface area contributed by atoms with E-state index < -0.39 is 30.3 Å². The first-order valence-electron chi connectivity index (χ1n) is 5.41. The van der Waals surface area contributed by atoms with Gasteiger partial charge in [0.1, 0.15) is 11.8 Å². The van der Waals surface area contributed by atoms with Gasteiger partial charge in [0.05, 0.1) is 6.42 Å².